The van der Waals surface area contributed by atoms with E-state index in [1.807, 2.05) is 4.90 Å². The number of likely N-dealkylation sites (tertiary alicyclic amines) is 1. The summed E-state index contributed by atoms with van der Waals surface area (Å²) in [4.78, 5) is 25.5. The molecule has 1 aromatic rings. The fourth-order valence-corrected chi connectivity index (χ4v) is 2.55. The molecule has 0 aromatic carbocycles. The molecule has 7 heteroatoms. The second kappa shape index (κ2) is 5.99. The van der Waals surface area contributed by atoms with E-state index in [1.165, 1.54) is 18.1 Å². The molecule has 0 radical (unpaired) electrons. The van der Waals surface area contributed by atoms with Crippen LogP contribution >= 0.6 is 11.8 Å². The van der Waals surface area contributed by atoms with Gasteiger partial charge in [-0.05, 0) is 18.8 Å². The van der Waals surface area contributed by atoms with Gasteiger partial charge in [-0.1, -0.05) is 18.7 Å². The summed E-state index contributed by atoms with van der Waals surface area (Å²) in [5, 5.41) is 0.501. The number of nitrogen functional groups attached to an aromatic ring is 1. The normalized spacial score (nSPS) is 16.8. The van der Waals surface area contributed by atoms with Gasteiger partial charge in [0.25, 0.3) is 0 Å². The summed E-state index contributed by atoms with van der Waals surface area (Å²) in [6.07, 6.45) is 3.54. The molecule has 0 atom stereocenters. The van der Waals surface area contributed by atoms with Gasteiger partial charge < -0.3 is 10.6 Å². The third-order valence-electron chi connectivity index (χ3n) is 3.03. The Labute approximate surface area is 110 Å². The largest absolute Gasteiger partial charge is 0.368 e. The molecule has 2 rings (SSSR count). The highest BCUT2D eigenvalue weighted by Gasteiger charge is 2.20. The number of anilines is 1. The van der Waals surface area contributed by atoms with E-state index in [1.54, 1.807) is 0 Å². The molecule has 2 N–H and O–H groups in total. The molecule has 1 aliphatic rings. The number of rotatable bonds is 3. The summed E-state index contributed by atoms with van der Waals surface area (Å²) in [5.74, 6) is 1.42. The SMILES string of the molecule is CC1CCN(C(=O)CSc2ncnc(N)n2)CC1. The van der Waals surface area contributed by atoms with Crippen molar-refractivity contribution in [2.24, 2.45) is 5.92 Å². The summed E-state index contributed by atoms with van der Waals surface area (Å²) in [6, 6.07) is 0. The highest BCUT2D eigenvalue weighted by molar-refractivity contribution is 7.99. The van der Waals surface area contributed by atoms with Gasteiger partial charge in [0.15, 0.2) is 5.16 Å². The number of carbonyl (C=O) groups is 1. The molecule has 0 unspecified atom stereocenters. The zero-order valence-electron chi connectivity index (χ0n) is 10.4. The van der Waals surface area contributed by atoms with Gasteiger partial charge in [0.1, 0.15) is 6.33 Å². The van der Waals surface area contributed by atoms with Crippen LogP contribution in [0, 0.1) is 5.92 Å². The maximum atomic E-state index is 12.0. The highest BCUT2D eigenvalue weighted by Crippen LogP contribution is 2.18. The van der Waals surface area contributed by atoms with Gasteiger partial charge in [0.2, 0.25) is 11.9 Å². The zero-order valence-corrected chi connectivity index (χ0v) is 11.2. The standard InChI is InChI=1S/C11H17N5OS/c1-8-2-4-16(5-3-8)9(17)6-18-11-14-7-13-10(12)15-11/h7-8H,2-6H2,1H3,(H2,12,13,14,15). The van der Waals surface area contributed by atoms with Gasteiger partial charge in [-0.3, -0.25) is 4.79 Å². The lowest BCUT2D eigenvalue weighted by molar-refractivity contribution is -0.129. The second-order valence-electron chi connectivity index (χ2n) is 4.48. The molecule has 1 saturated heterocycles. The number of carbonyl (C=O) groups excluding carboxylic acids is 1. The molecule has 98 valence electrons. The minimum absolute atomic E-state index is 0.144. The van der Waals surface area contributed by atoms with E-state index < -0.39 is 0 Å². The molecular weight excluding hydrogens is 250 g/mol. The molecular formula is C11H17N5OS. The number of aromatic nitrogens is 3. The van der Waals surface area contributed by atoms with Crippen molar-refractivity contribution in [2.75, 3.05) is 24.6 Å². The van der Waals surface area contributed by atoms with Gasteiger partial charge in [-0.25, -0.2) is 9.97 Å². The maximum absolute atomic E-state index is 12.0. The lowest BCUT2D eigenvalue weighted by atomic mass is 9.99. The van der Waals surface area contributed by atoms with Crippen LogP contribution in [0.15, 0.2) is 11.5 Å². The van der Waals surface area contributed by atoms with Gasteiger partial charge in [-0.15, -0.1) is 0 Å². The van der Waals surface area contributed by atoms with Crippen molar-refractivity contribution < 1.29 is 4.79 Å². The van der Waals surface area contributed by atoms with Gasteiger partial charge >= 0.3 is 0 Å². The van der Waals surface area contributed by atoms with Gasteiger partial charge in [-0.2, -0.15) is 4.98 Å². The summed E-state index contributed by atoms with van der Waals surface area (Å²) in [6.45, 7) is 3.95. The predicted molar refractivity (Wildman–Crippen MR) is 69.9 cm³/mol. The molecule has 0 saturated carbocycles. The maximum Gasteiger partial charge on any atom is 0.233 e. The molecule has 0 bridgehead atoms. The molecule has 6 nitrogen and oxygen atoms in total. The highest BCUT2D eigenvalue weighted by atomic mass is 32.2. The summed E-state index contributed by atoms with van der Waals surface area (Å²) >= 11 is 1.30. The summed E-state index contributed by atoms with van der Waals surface area (Å²) in [5.41, 5.74) is 5.45. The number of hydrogen-bond donors (Lipinski definition) is 1. The Morgan fingerprint density at radius 2 is 2.22 bits per heavy atom. The number of piperidine rings is 1. The van der Waals surface area contributed by atoms with Crippen molar-refractivity contribution in [1.82, 2.24) is 19.9 Å². The topological polar surface area (TPSA) is 85.0 Å². The Morgan fingerprint density at radius 3 is 2.89 bits per heavy atom. The third-order valence-corrected chi connectivity index (χ3v) is 3.88. The summed E-state index contributed by atoms with van der Waals surface area (Å²) < 4.78 is 0. The Kier molecular flexibility index (Phi) is 4.35. The first-order valence-corrected chi connectivity index (χ1v) is 6.99. The van der Waals surface area contributed by atoms with Crippen LogP contribution < -0.4 is 5.73 Å². The minimum atomic E-state index is 0.144. The van der Waals surface area contributed by atoms with E-state index in [0.717, 1.165) is 31.8 Å². The molecule has 1 aliphatic heterocycles. The van der Waals surface area contributed by atoms with E-state index in [4.69, 9.17) is 5.73 Å². The minimum Gasteiger partial charge on any atom is -0.368 e. The first kappa shape index (κ1) is 13.1. The lowest BCUT2D eigenvalue weighted by Crippen LogP contribution is -2.38. The molecule has 0 aliphatic carbocycles. The van der Waals surface area contributed by atoms with Crippen LogP contribution in [0.25, 0.3) is 0 Å². The van der Waals surface area contributed by atoms with Gasteiger partial charge in [0.05, 0.1) is 5.75 Å². The second-order valence-corrected chi connectivity index (χ2v) is 5.42. The van der Waals surface area contributed by atoms with E-state index >= 15 is 0 Å². The summed E-state index contributed by atoms with van der Waals surface area (Å²) in [7, 11) is 0. The molecule has 1 fully saturated rings. The van der Waals surface area contributed by atoms with Crippen molar-refractivity contribution in [3.05, 3.63) is 6.33 Å². The van der Waals surface area contributed by atoms with Crippen molar-refractivity contribution in [3.63, 3.8) is 0 Å². The smallest absolute Gasteiger partial charge is 0.233 e. The fourth-order valence-electron chi connectivity index (χ4n) is 1.84. The van der Waals surface area contributed by atoms with E-state index in [2.05, 4.69) is 21.9 Å². The average molecular weight is 267 g/mol. The third kappa shape index (κ3) is 3.56. The first-order chi connectivity index (χ1) is 8.65. The van der Waals surface area contributed by atoms with Crippen LogP contribution in [-0.2, 0) is 4.79 Å². The Bertz CT molecular complexity index is 420. The molecule has 2 heterocycles. The van der Waals surface area contributed by atoms with Crippen LogP contribution in [0.3, 0.4) is 0 Å². The van der Waals surface area contributed by atoms with Crippen molar-refractivity contribution in [3.8, 4) is 0 Å². The fraction of sp³-hybridized carbons (Fsp3) is 0.636. The average Bonchev–Trinajstić information content (AvgIpc) is 2.37. The van der Waals surface area contributed by atoms with E-state index in [0.29, 0.717) is 10.9 Å². The van der Waals surface area contributed by atoms with Gasteiger partial charge in [0, 0.05) is 13.1 Å². The first-order valence-electron chi connectivity index (χ1n) is 6.00. The Morgan fingerprint density at radius 1 is 1.50 bits per heavy atom. The quantitative estimate of drug-likeness (QED) is 0.816. The number of thioether (sulfide) groups is 1. The van der Waals surface area contributed by atoms with Crippen LogP contribution in [0.4, 0.5) is 5.95 Å². The predicted octanol–water partition coefficient (Wildman–Crippen LogP) is 0.804. The van der Waals surface area contributed by atoms with Crippen molar-refractivity contribution >= 4 is 23.6 Å². The van der Waals surface area contributed by atoms with Crippen LogP contribution in [0.1, 0.15) is 19.8 Å². The zero-order chi connectivity index (χ0) is 13.0. The molecule has 1 aromatic heterocycles. The van der Waals surface area contributed by atoms with Crippen LogP contribution in [-0.4, -0.2) is 44.6 Å². The monoisotopic (exact) mass is 267 g/mol. The van der Waals surface area contributed by atoms with E-state index in [-0.39, 0.29) is 11.9 Å². The van der Waals surface area contributed by atoms with Crippen LogP contribution in [0.5, 0.6) is 0 Å². The Hall–Kier alpha value is -1.37. The van der Waals surface area contributed by atoms with Crippen molar-refractivity contribution in [2.45, 2.75) is 24.9 Å². The Balaban J connectivity index is 1.81. The van der Waals surface area contributed by atoms with Crippen molar-refractivity contribution in [1.29, 1.82) is 0 Å². The molecule has 1 amide bonds. The number of amides is 1. The van der Waals surface area contributed by atoms with E-state index in [9.17, 15) is 4.79 Å². The van der Waals surface area contributed by atoms with Crippen LogP contribution in [0.2, 0.25) is 0 Å². The number of nitrogens with two attached hydrogens (primary N) is 1. The molecule has 0 spiro atoms. The lowest BCUT2D eigenvalue weighted by Gasteiger charge is -2.30. The number of nitrogens with zero attached hydrogens (tertiary/aromatic N) is 4. The number of hydrogen-bond acceptors (Lipinski definition) is 6. The molecule has 18 heavy (non-hydrogen) atoms.